The Morgan fingerprint density at radius 1 is 1.31 bits per heavy atom. The second-order valence-corrected chi connectivity index (χ2v) is 7.41. The highest BCUT2D eigenvalue weighted by Crippen LogP contribution is 2.36. The van der Waals surface area contributed by atoms with Crippen LogP contribution in [0.4, 0.5) is 19.1 Å². The van der Waals surface area contributed by atoms with E-state index in [0.717, 1.165) is 10.2 Å². The maximum Gasteiger partial charge on any atom is 0.436 e. The van der Waals surface area contributed by atoms with Crippen LogP contribution in [0.2, 0.25) is 5.02 Å². The van der Waals surface area contributed by atoms with Crippen LogP contribution in [0.1, 0.15) is 29.9 Å². The summed E-state index contributed by atoms with van der Waals surface area (Å²) in [7, 11) is 0. The quantitative estimate of drug-likeness (QED) is 0.571. The second-order valence-electron chi connectivity index (χ2n) is 6.21. The highest BCUT2D eigenvalue weighted by molar-refractivity contribution is 9.10. The van der Waals surface area contributed by atoms with Crippen molar-refractivity contribution < 1.29 is 18.0 Å². The highest BCUT2D eigenvalue weighted by Gasteiger charge is 2.39. The van der Waals surface area contributed by atoms with Crippen molar-refractivity contribution in [3.63, 3.8) is 0 Å². The molecule has 12 heteroatoms. The Labute approximate surface area is 177 Å². The first-order valence-electron chi connectivity index (χ1n) is 8.33. The molecule has 0 fully saturated rings. The van der Waals surface area contributed by atoms with E-state index in [9.17, 15) is 18.0 Å². The number of nitrogens with zero attached hydrogens (tertiary/aromatic N) is 5. The molecule has 0 saturated carbocycles. The molecule has 3 aromatic rings. The average molecular weight is 492 g/mol. The predicted octanol–water partition coefficient (Wildman–Crippen LogP) is 4.47. The lowest BCUT2D eigenvalue weighted by Crippen LogP contribution is -2.26. The molecule has 0 spiro atoms. The Hall–Kier alpha value is -2.40. The number of hydrogen-bond acceptors (Lipinski definition) is 4. The summed E-state index contributed by atoms with van der Waals surface area (Å²) >= 11 is 9.00. The highest BCUT2D eigenvalue weighted by atomic mass is 79.9. The Morgan fingerprint density at radius 3 is 2.62 bits per heavy atom. The second kappa shape index (κ2) is 8.15. The zero-order valence-corrected chi connectivity index (χ0v) is 17.5. The zero-order chi connectivity index (χ0) is 21.3. The minimum atomic E-state index is -4.63. The molecule has 1 atom stereocenters. The van der Waals surface area contributed by atoms with Crippen LogP contribution in [0.5, 0.6) is 0 Å². The van der Waals surface area contributed by atoms with Crippen LogP contribution < -0.4 is 5.32 Å². The third-order valence-electron chi connectivity index (χ3n) is 4.15. The van der Waals surface area contributed by atoms with Gasteiger partial charge < -0.3 is 0 Å². The van der Waals surface area contributed by atoms with Gasteiger partial charge in [0.1, 0.15) is 12.4 Å². The molecule has 3 rings (SSSR count). The van der Waals surface area contributed by atoms with Crippen LogP contribution in [-0.2, 0) is 17.5 Å². The number of halogens is 5. The Balaban J connectivity index is 1.73. The first-order chi connectivity index (χ1) is 13.6. The van der Waals surface area contributed by atoms with Crippen molar-refractivity contribution in [2.24, 2.45) is 0 Å². The molecule has 1 amide bonds. The van der Waals surface area contributed by atoms with E-state index in [-0.39, 0.29) is 16.1 Å². The standard InChI is InChI=1S/C17H15BrClF3N6O/c1-9-13(18)14(17(20,21)22)25-28(9)10(2)15(29)24-16-23-8-27(26-16)7-11-5-3-4-6-12(11)19/h3-6,8,10H,7H2,1-2H3,(H,24,26,29). The zero-order valence-electron chi connectivity index (χ0n) is 15.2. The number of rotatable bonds is 5. The minimum absolute atomic E-state index is 0.0221. The summed E-state index contributed by atoms with van der Waals surface area (Å²) in [5, 5.41) is 10.7. The van der Waals surface area contributed by atoms with E-state index >= 15 is 0 Å². The molecule has 0 aliphatic heterocycles. The molecular weight excluding hydrogens is 477 g/mol. The van der Waals surface area contributed by atoms with Gasteiger partial charge in [-0.25, -0.2) is 9.67 Å². The number of anilines is 1. The van der Waals surface area contributed by atoms with E-state index in [4.69, 9.17) is 11.6 Å². The molecule has 1 aromatic carbocycles. The number of benzene rings is 1. The van der Waals surface area contributed by atoms with E-state index in [1.807, 2.05) is 12.1 Å². The van der Waals surface area contributed by atoms with Crippen LogP contribution in [0.3, 0.4) is 0 Å². The Morgan fingerprint density at radius 2 is 2.00 bits per heavy atom. The van der Waals surface area contributed by atoms with Gasteiger partial charge in [0.2, 0.25) is 5.95 Å². The van der Waals surface area contributed by atoms with Crippen LogP contribution in [0.15, 0.2) is 35.1 Å². The fourth-order valence-corrected chi connectivity index (χ4v) is 3.29. The fraction of sp³-hybridized carbons (Fsp3) is 0.294. The summed E-state index contributed by atoms with van der Waals surface area (Å²) in [4.78, 5) is 16.5. The maximum absolute atomic E-state index is 13.0. The van der Waals surface area contributed by atoms with Gasteiger partial charge in [-0.15, -0.1) is 5.10 Å². The molecule has 0 saturated heterocycles. The Bertz CT molecular complexity index is 1050. The number of alkyl halides is 3. The molecule has 0 bridgehead atoms. The maximum atomic E-state index is 13.0. The van der Waals surface area contributed by atoms with Crippen molar-refractivity contribution in [3.05, 3.63) is 57.0 Å². The van der Waals surface area contributed by atoms with Gasteiger partial charge in [0, 0.05) is 5.02 Å². The van der Waals surface area contributed by atoms with Gasteiger partial charge >= 0.3 is 6.18 Å². The monoisotopic (exact) mass is 490 g/mol. The van der Waals surface area contributed by atoms with E-state index < -0.39 is 23.8 Å². The SMILES string of the molecule is Cc1c(Br)c(C(F)(F)F)nn1C(C)C(=O)Nc1ncn(Cc2ccccc2Cl)n1. The van der Waals surface area contributed by atoms with E-state index in [1.165, 1.54) is 24.9 Å². The molecule has 1 unspecified atom stereocenters. The third kappa shape index (κ3) is 4.61. The van der Waals surface area contributed by atoms with Crippen molar-refractivity contribution in [1.29, 1.82) is 0 Å². The molecule has 1 N–H and O–H groups in total. The summed E-state index contributed by atoms with van der Waals surface area (Å²) in [5.41, 5.74) is -0.0871. The third-order valence-corrected chi connectivity index (χ3v) is 5.47. The Kier molecular flexibility index (Phi) is 5.99. The lowest BCUT2D eigenvalue weighted by molar-refractivity contribution is -0.142. The number of amides is 1. The van der Waals surface area contributed by atoms with Crippen LogP contribution in [0, 0.1) is 6.92 Å². The summed E-state index contributed by atoms with van der Waals surface area (Å²) in [6.07, 6.45) is -3.22. The van der Waals surface area contributed by atoms with Gasteiger partial charge in [0.25, 0.3) is 5.91 Å². The molecule has 2 heterocycles. The summed E-state index contributed by atoms with van der Waals surface area (Å²) in [6.45, 7) is 3.22. The summed E-state index contributed by atoms with van der Waals surface area (Å²) in [6, 6.07) is 6.21. The van der Waals surface area contributed by atoms with Gasteiger partial charge in [-0.1, -0.05) is 29.8 Å². The predicted molar refractivity (Wildman–Crippen MR) is 104 cm³/mol. The summed E-state index contributed by atoms with van der Waals surface area (Å²) in [5.74, 6) is -0.582. The smallest absolute Gasteiger partial charge is 0.291 e. The van der Waals surface area contributed by atoms with Gasteiger partial charge in [-0.05, 0) is 41.4 Å². The van der Waals surface area contributed by atoms with Gasteiger partial charge in [-0.2, -0.15) is 18.3 Å². The molecule has 0 radical (unpaired) electrons. The lowest BCUT2D eigenvalue weighted by atomic mass is 10.2. The molecule has 2 aromatic heterocycles. The van der Waals surface area contributed by atoms with Crippen molar-refractivity contribution in [2.45, 2.75) is 32.6 Å². The van der Waals surface area contributed by atoms with Gasteiger partial charge in [0.05, 0.1) is 16.7 Å². The van der Waals surface area contributed by atoms with E-state index in [1.54, 1.807) is 12.1 Å². The molecule has 0 aliphatic rings. The van der Waals surface area contributed by atoms with Crippen molar-refractivity contribution in [1.82, 2.24) is 24.5 Å². The largest absolute Gasteiger partial charge is 0.436 e. The molecule has 7 nitrogen and oxygen atoms in total. The number of hydrogen-bond donors (Lipinski definition) is 1. The van der Waals surface area contributed by atoms with Crippen LogP contribution in [0.25, 0.3) is 0 Å². The molecule has 154 valence electrons. The van der Waals surface area contributed by atoms with Crippen LogP contribution >= 0.6 is 27.5 Å². The molecular formula is C17H15BrClF3N6O. The molecule has 0 aliphatic carbocycles. The minimum Gasteiger partial charge on any atom is -0.291 e. The van der Waals surface area contributed by atoms with Crippen molar-refractivity contribution in [2.75, 3.05) is 5.32 Å². The van der Waals surface area contributed by atoms with E-state index in [2.05, 4.69) is 36.4 Å². The number of carbonyl (C=O) groups is 1. The van der Waals surface area contributed by atoms with Gasteiger partial charge in [0.15, 0.2) is 5.69 Å². The van der Waals surface area contributed by atoms with Crippen LogP contribution in [-0.4, -0.2) is 30.5 Å². The number of carbonyl (C=O) groups excluding carboxylic acids is 1. The van der Waals surface area contributed by atoms with E-state index in [0.29, 0.717) is 11.6 Å². The number of aromatic nitrogens is 5. The average Bonchev–Trinajstić information content (AvgIpc) is 3.21. The first kappa shape index (κ1) is 21.3. The fourth-order valence-electron chi connectivity index (χ4n) is 2.61. The normalized spacial score (nSPS) is 12.8. The number of nitrogens with one attached hydrogen (secondary N) is 1. The molecule has 29 heavy (non-hydrogen) atoms. The summed E-state index contributed by atoms with van der Waals surface area (Å²) < 4.78 is 41.4. The lowest BCUT2D eigenvalue weighted by Gasteiger charge is -2.13. The van der Waals surface area contributed by atoms with Crippen molar-refractivity contribution in [3.8, 4) is 0 Å². The van der Waals surface area contributed by atoms with Crippen molar-refractivity contribution >= 4 is 39.4 Å². The van der Waals surface area contributed by atoms with Gasteiger partial charge in [-0.3, -0.25) is 14.8 Å². The first-order valence-corrected chi connectivity index (χ1v) is 9.50. The topological polar surface area (TPSA) is 77.6 Å².